The highest BCUT2D eigenvalue weighted by Crippen LogP contribution is 2.22. The van der Waals surface area contributed by atoms with Crippen molar-refractivity contribution in [2.75, 3.05) is 5.32 Å². The summed E-state index contributed by atoms with van der Waals surface area (Å²) >= 11 is 0. The van der Waals surface area contributed by atoms with Crippen LogP contribution in [0.25, 0.3) is 16.9 Å². The maximum atomic E-state index is 13.7. The number of carbonyl (C=O) groups is 1. The molecule has 0 aliphatic rings. The van der Waals surface area contributed by atoms with E-state index in [9.17, 15) is 13.6 Å². The molecule has 1 amide bonds. The first-order valence-electron chi connectivity index (χ1n) is 8.45. The molecule has 0 unspecified atom stereocenters. The molecule has 4 rings (SSSR count). The topological polar surface area (TPSA) is 59.8 Å². The molecule has 0 aliphatic carbocycles. The Morgan fingerprint density at radius 1 is 0.857 bits per heavy atom. The van der Waals surface area contributed by atoms with Gasteiger partial charge in [0.2, 0.25) is 0 Å². The van der Waals surface area contributed by atoms with Gasteiger partial charge >= 0.3 is 0 Å². The second kappa shape index (κ2) is 7.40. The SMILES string of the molecule is O=C(Nc1ccc(-n2nncc2-c2ccccc2)cc1)c1c(F)cccc1F. The summed E-state index contributed by atoms with van der Waals surface area (Å²) in [4.78, 5) is 12.2. The third kappa shape index (κ3) is 3.37. The molecule has 5 nitrogen and oxygen atoms in total. The number of halogens is 2. The molecule has 0 saturated carbocycles. The summed E-state index contributed by atoms with van der Waals surface area (Å²) in [6, 6.07) is 19.7. The van der Waals surface area contributed by atoms with E-state index < -0.39 is 23.1 Å². The maximum absolute atomic E-state index is 13.7. The fraction of sp³-hybridized carbons (Fsp3) is 0. The minimum Gasteiger partial charge on any atom is -0.322 e. The molecular weight excluding hydrogens is 362 g/mol. The van der Waals surface area contributed by atoms with E-state index in [2.05, 4.69) is 15.6 Å². The highest BCUT2D eigenvalue weighted by Gasteiger charge is 2.17. The zero-order chi connectivity index (χ0) is 19.5. The standard InChI is InChI=1S/C21H14F2N4O/c22-17-7-4-8-18(23)20(17)21(28)25-15-9-11-16(12-10-15)27-19(13-24-26-27)14-5-2-1-3-6-14/h1-13H,(H,25,28). The van der Waals surface area contributed by atoms with Gasteiger partial charge in [0.05, 0.1) is 17.6 Å². The third-order valence-electron chi connectivity index (χ3n) is 4.18. The van der Waals surface area contributed by atoms with E-state index in [1.54, 1.807) is 35.1 Å². The van der Waals surface area contributed by atoms with Gasteiger partial charge in [-0.2, -0.15) is 0 Å². The van der Waals surface area contributed by atoms with Crippen molar-refractivity contribution in [3.8, 4) is 16.9 Å². The van der Waals surface area contributed by atoms with E-state index in [0.717, 1.165) is 29.1 Å². The van der Waals surface area contributed by atoms with Gasteiger partial charge in [0.15, 0.2) is 0 Å². The van der Waals surface area contributed by atoms with Gasteiger partial charge < -0.3 is 5.32 Å². The van der Waals surface area contributed by atoms with Crippen LogP contribution in [0.3, 0.4) is 0 Å². The largest absolute Gasteiger partial charge is 0.322 e. The summed E-state index contributed by atoms with van der Waals surface area (Å²) in [6.45, 7) is 0. The lowest BCUT2D eigenvalue weighted by molar-refractivity contribution is 0.101. The number of anilines is 1. The number of amides is 1. The number of nitrogens with one attached hydrogen (secondary N) is 1. The minimum absolute atomic E-state index is 0.401. The van der Waals surface area contributed by atoms with Crippen LogP contribution in [0.1, 0.15) is 10.4 Å². The first-order valence-corrected chi connectivity index (χ1v) is 8.45. The van der Waals surface area contributed by atoms with Crippen molar-refractivity contribution >= 4 is 11.6 Å². The van der Waals surface area contributed by atoms with E-state index >= 15 is 0 Å². The average molecular weight is 376 g/mol. The number of hydrogen-bond acceptors (Lipinski definition) is 3. The lowest BCUT2D eigenvalue weighted by Gasteiger charge is -2.09. The summed E-state index contributed by atoms with van der Waals surface area (Å²) in [5, 5.41) is 10.6. The van der Waals surface area contributed by atoms with Gasteiger partial charge in [-0.1, -0.05) is 41.6 Å². The molecule has 0 saturated heterocycles. The summed E-state index contributed by atoms with van der Waals surface area (Å²) in [5.74, 6) is -2.68. The second-order valence-electron chi connectivity index (χ2n) is 5.99. The first-order chi connectivity index (χ1) is 13.6. The highest BCUT2D eigenvalue weighted by atomic mass is 19.1. The molecule has 0 radical (unpaired) electrons. The molecule has 0 aliphatic heterocycles. The predicted molar refractivity (Wildman–Crippen MR) is 101 cm³/mol. The number of nitrogens with zero attached hydrogens (tertiary/aromatic N) is 3. The smallest absolute Gasteiger partial charge is 0.261 e. The average Bonchev–Trinajstić information content (AvgIpc) is 3.19. The first kappa shape index (κ1) is 17.5. The van der Waals surface area contributed by atoms with Gasteiger partial charge in [-0.3, -0.25) is 4.79 Å². The van der Waals surface area contributed by atoms with E-state index in [0.29, 0.717) is 5.69 Å². The van der Waals surface area contributed by atoms with Crippen molar-refractivity contribution in [2.45, 2.75) is 0 Å². The van der Waals surface area contributed by atoms with Gasteiger partial charge in [0.25, 0.3) is 5.91 Å². The monoisotopic (exact) mass is 376 g/mol. The Morgan fingerprint density at radius 3 is 2.21 bits per heavy atom. The third-order valence-corrected chi connectivity index (χ3v) is 4.18. The Morgan fingerprint density at radius 2 is 1.54 bits per heavy atom. The molecular formula is C21H14F2N4O. The Hall–Kier alpha value is -3.87. The van der Waals surface area contributed by atoms with Crippen LogP contribution in [-0.2, 0) is 0 Å². The van der Waals surface area contributed by atoms with Crippen molar-refractivity contribution < 1.29 is 13.6 Å². The molecule has 1 aromatic heterocycles. The minimum atomic E-state index is -0.913. The quantitative estimate of drug-likeness (QED) is 0.572. The Balaban J connectivity index is 1.58. The normalized spacial score (nSPS) is 10.6. The fourth-order valence-electron chi connectivity index (χ4n) is 2.83. The fourth-order valence-corrected chi connectivity index (χ4v) is 2.83. The van der Waals surface area contributed by atoms with Crippen molar-refractivity contribution in [1.82, 2.24) is 15.0 Å². The number of carbonyl (C=O) groups excluding carboxylic acids is 1. The van der Waals surface area contributed by atoms with E-state index in [1.807, 2.05) is 30.3 Å². The second-order valence-corrected chi connectivity index (χ2v) is 5.99. The van der Waals surface area contributed by atoms with Gasteiger partial charge in [-0.25, -0.2) is 13.5 Å². The van der Waals surface area contributed by atoms with Gasteiger partial charge in [-0.05, 0) is 36.4 Å². The van der Waals surface area contributed by atoms with Crippen LogP contribution >= 0.6 is 0 Å². The van der Waals surface area contributed by atoms with Crippen molar-refractivity contribution in [1.29, 1.82) is 0 Å². The molecule has 3 aromatic carbocycles. The summed E-state index contributed by atoms with van der Waals surface area (Å²) < 4.78 is 29.1. The molecule has 0 spiro atoms. The Bertz CT molecular complexity index is 1100. The van der Waals surface area contributed by atoms with Crippen LogP contribution in [0.15, 0.2) is 79.0 Å². The summed E-state index contributed by atoms with van der Waals surface area (Å²) in [5.41, 5.74) is 2.28. The molecule has 0 bridgehead atoms. The Kier molecular flexibility index (Phi) is 4.63. The number of benzene rings is 3. The molecule has 1 N–H and O–H groups in total. The zero-order valence-corrected chi connectivity index (χ0v) is 14.5. The molecule has 1 heterocycles. The summed E-state index contributed by atoms with van der Waals surface area (Å²) in [7, 11) is 0. The molecule has 28 heavy (non-hydrogen) atoms. The van der Waals surface area contributed by atoms with Crippen LogP contribution in [-0.4, -0.2) is 20.9 Å². The van der Waals surface area contributed by atoms with Crippen LogP contribution in [0.5, 0.6) is 0 Å². The molecule has 138 valence electrons. The van der Waals surface area contributed by atoms with Crippen LogP contribution < -0.4 is 5.32 Å². The number of rotatable bonds is 4. The lowest BCUT2D eigenvalue weighted by Crippen LogP contribution is -2.15. The van der Waals surface area contributed by atoms with Crippen LogP contribution in [0, 0.1) is 11.6 Å². The summed E-state index contributed by atoms with van der Waals surface area (Å²) in [6.07, 6.45) is 1.66. The lowest BCUT2D eigenvalue weighted by atomic mass is 10.1. The zero-order valence-electron chi connectivity index (χ0n) is 14.5. The highest BCUT2D eigenvalue weighted by molar-refractivity contribution is 6.04. The van der Waals surface area contributed by atoms with Crippen molar-refractivity contribution in [3.05, 3.63) is 96.2 Å². The van der Waals surface area contributed by atoms with Crippen LogP contribution in [0.2, 0.25) is 0 Å². The predicted octanol–water partition coefficient (Wildman–Crippen LogP) is 4.46. The Labute approximate surface area is 159 Å². The van der Waals surface area contributed by atoms with Gasteiger partial charge in [-0.15, -0.1) is 5.10 Å². The van der Waals surface area contributed by atoms with Gasteiger partial charge in [0.1, 0.15) is 17.2 Å². The maximum Gasteiger partial charge on any atom is 0.261 e. The molecule has 0 fully saturated rings. The molecule has 4 aromatic rings. The van der Waals surface area contributed by atoms with Crippen molar-refractivity contribution in [2.24, 2.45) is 0 Å². The molecule has 7 heteroatoms. The van der Waals surface area contributed by atoms with Gasteiger partial charge in [0, 0.05) is 11.3 Å². The van der Waals surface area contributed by atoms with E-state index in [-0.39, 0.29) is 0 Å². The van der Waals surface area contributed by atoms with E-state index in [1.165, 1.54) is 6.07 Å². The van der Waals surface area contributed by atoms with Crippen LogP contribution in [0.4, 0.5) is 14.5 Å². The number of aromatic nitrogens is 3. The van der Waals surface area contributed by atoms with E-state index in [4.69, 9.17) is 0 Å². The number of hydrogen-bond donors (Lipinski definition) is 1. The van der Waals surface area contributed by atoms with Crippen molar-refractivity contribution in [3.63, 3.8) is 0 Å². The molecule has 0 atom stereocenters.